The number of nitrogens with zero attached hydrogens (tertiary/aromatic N) is 1. The van der Waals surface area contributed by atoms with Crippen LogP contribution in [-0.4, -0.2) is 4.57 Å². The number of hydrogen-bond donors (Lipinski definition) is 0. The Morgan fingerprint density at radius 2 is 1.88 bits per heavy atom. The highest BCUT2D eigenvalue weighted by atomic mass is 79.9. The van der Waals surface area contributed by atoms with Crippen molar-refractivity contribution in [1.29, 1.82) is 0 Å². The topological polar surface area (TPSA) is 22.0 Å². The van der Waals surface area contributed by atoms with E-state index in [1.807, 2.05) is 49.5 Å². The molecular weight excluding hydrogens is 266 g/mol. The van der Waals surface area contributed by atoms with Crippen molar-refractivity contribution in [3.8, 4) is 0 Å². The van der Waals surface area contributed by atoms with Gasteiger partial charge in [-0.05, 0) is 30.7 Å². The summed E-state index contributed by atoms with van der Waals surface area (Å²) in [5, 5.41) is 0. The zero-order chi connectivity index (χ0) is 11.5. The number of aryl methyl sites for hydroxylation is 1. The van der Waals surface area contributed by atoms with Crippen LogP contribution in [0.3, 0.4) is 0 Å². The van der Waals surface area contributed by atoms with E-state index < -0.39 is 0 Å². The summed E-state index contributed by atoms with van der Waals surface area (Å²) in [6.45, 7) is 2.45. The van der Waals surface area contributed by atoms with Crippen LogP contribution in [0, 0.1) is 6.92 Å². The van der Waals surface area contributed by atoms with Gasteiger partial charge in [0, 0.05) is 16.2 Å². The standard InChI is InChI=1S/C13H12BrNO/c1-10-3-2-8-15(13(10)16)9-11-4-6-12(14)7-5-11/h2-8H,9H2,1H3. The van der Waals surface area contributed by atoms with Crippen molar-refractivity contribution in [3.05, 3.63) is 68.5 Å². The van der Waals surface area contributed by atoms with Crippen LogP contribution in [0.25, 0.3) is 0 Å². The van der Waals surface area contributed by atoms with Gasteiger partial charge in [-0.2, -0.15) is 0 Å². The molecule has 0 aliphatic heterocycles. The molecule has 0 aliphatic carbocycles. The molecule has 0 aliphatic rings. The zero-order valence-electron chi connectivity index (χ0n) is 8.98. The number of pyridine rings is 1. The van der Waals surface area contributed by atoms with E-state index in [-0.39, 0.29) is 5.56 Å². The van der Waals surface area contributed by atoms with Crippen LogP contribution >= 0.6 is 15.9 Å². The SMILES string of the molecule is Cc1cccn(Cc2ccc(Br)cc2)c1=O. The summed E-state index contributed by atoms with van der Waals surface area (Å²) in [5.41, 5.74) is 1.97. The third-order valence-electron chi connectivity index (χ3n) is 2.48. The molecule has 2 rings (SSSR count). The van der Waals surface area contributed by atoms with E-state index >= 15 is 0 Å². The van der Waals surface area contributed by atoms with E-state index in [9.17, 15) is 4.79 Å². The van der Waals surface area contributed by atoms with E-state index in [1.54, 1.807) is 4.57 Å². The van der Waals surface area contributed by atoms with E-state index in [2.05, 4.69) is 15.9 Å². The number of rotatable bonds is 2. The molecular formula is C13H12BrNO. The minimum atomic E-state index is 0.0745. The Hall–Kier alpha value is -1.35. The number of hydrogen-bond acceptors (Lipinski definition) is 1. The smallest absolute Gasteiger partial charge is 0.253 e. The first-order chi connectivity index (χ1) is 7.66. The van der Waals surface area contributed by atoms with E-state index in [0.29, 0.717) is 6.54 Å². The molecule has 0 bridgehead atoms. The highest BCUT2D eigenvalue weighted by Gasteiger charge is 1.99. The van der Waals surface area contributed by atoms with Crippen LogP contribution in [0.1, 0.15) is 11.1 Å². The van der Waals surface area contributed by atoms with Gasteiger partial charge in [-0.15, -0.1) is 0 Å². The number of aromatic nitrogens is 1. The van der Waals surface area contributed by atoms with Gasteiger partial charge in [0.15, 0.2) is 0 Å². The maximum absolute atomic E-state index is 11.8. The van der Waals surface area contributed by atoms with Crippen molar-refractivity contribution in [3.63, 3.8) is 0 Å². The first-order valence-electron chi connectivity index (χ1n) is 5.07. The van der Waals surface area contributed by atoms with Crippen LogP contribution < -0.4 is 5.56 Å². The Bertz CT molecular complexity index is 543. The minimum absolute atomic E-state index is 0.0745. The fraction of sp³-hybridized carbons (Fsp3) is 0.154. The van der Waals surface area contributed by atoms with Crippen LogP contribution in [-0.2, 0) is 6.54 Å². The summed E-state index contributed by atoms with van der Waals surface area (Å²) in [6, 6.07) is 11.7. The van der Waals surface area contributed by atoms with Crippen molar-refractivity contribution in [2.24, 2.45) is 0 Å². The molecule has 0 spiro atoms. The lowest BCUT2D eigenvalue weighted by Gasteiger charge is -2.06. The molecule has 0 N–H and O–H groups in total. The molecule has 16 heavy (non-hydrogen) atoms. The molecule has 0 saturated heterocycles. The quantitative estimate of drug-likeness (QED) is 0.827. The van der Waals surface area contributed by atoms with Gasteiger partial charge in [0.1, 0.15) is 0 Å². The van der Waals surface area contributed by atoms with E-state index in [4.69, 9.17) is 0 Å². The maximum atomic E-state index is 11.8. The molecule has 0 unspecified atom stereocenters. The summed E-state index contributed by atoms with van der Waals surface area (Å²) >= 11 is 3.39. The second-order valence-corrected chi connectivity index (χ2v) is 4.67. The van der Waals surface area contributed by atoms with Gasteiger partial charge in [0.05, 0.1) is 6.54 Å². The van der Waals surface area contributed by atoms with Crippen molar-refractivity contribution in [2.45, 2.75) is 13.5 Å². The third-order valence-corrected chi connectivity index (χ3v) is 3.01. The summed E-state index contributed by atoms with van der Waals surface area (Å²) in [7, 11) is 0. The minimum Gasteiger partial charge on any atom is -0.311 e. The molecule has 3 heteroatoms. The molecule has 0 fully saturated rings. The Balaban J connectivity index is 2.31. The largest absolute Gasteiger partial charge is 0.311 e. The van der Waals surface area contributed by atoms with Crippen LogP contribution in [0.2, 0.25) is 0 Å². The third kappa shape index (κ3) is 2.42. The predicted molar refractivity (Wildman–Crippen MR) is 68.7 cm³/mol. The number of benzene rings is 1. The van der Waals surface area contributed by atoms with Crippen LogP contribution in [0.5, 0.6) is 0 Å². The van der Waals surface area contributed by atoms with Gasteiger partial charge >= 0.3 is 0 Å². The van der Waals surface area contributed by atoms with E-state index in [1.165, 1.54) is 0 Å². The van der Waals surface area contributed by atoms with Crippen LogP contribution in [0.4, 0.5) is 0 Å². The lowest BCUT2D eigenvalue weighted by molar-refractivity contribution is 0.752. The van der Waals surface area contributed by atoms with E-state index in [0.717, 1.165) is 15.6 Å². The molecule has 1 heterocycles. The Labute approximate surface area is 103 Å². The predicted octanol–water partition coefficient (Wildman–Crippen LogP) is 2.97. The van der Waals surface area contributed by atoms with Crippen LogP contribution in [0.15, 0.2) is 51.9 Å². The van der Waals surface area contributed by atoms with Gasteiger partial charge < -0.3 is 4.57 Å². The molecule has 2 aromatic rings. The van der Waals surface area contributed by atoms with Gasteiger partial charge in [-0.25, -0.2) is 0 Å². The Morgan fingerprint density at radius 3 is 2.56 bits per heavy atom. The summed E-state index contributed by atoms with van der Waals surface area (Å²) in [5.74, 6) is 0. The molecule has 82 valence electrons. The first kappa shape index (κ1) is 11.1. The van der Waals surface area contributed by atoms with Gasteiger partial charge in [0.25, 0.3) is 5.56 Å². The van der Waals surface area contributed by atoms with Gasteiger partial charge in [-0.1, -0.05) is 34.1 Å². The fourth-order valence-corrected chi connectivity index (χ4v) is 1.83. The lowest BCUT2D eigenvalue weighted by atomic mass is 10.2. The highest BCUT2D eigenvalue weighted by molar-refractivity contribution is 9.10. The second kappa shape index (κ2) is 4.66. The molecule has 2 nitrogen and oxygen atoms in total. The molecule has 0 amide bonds. The fourth-order valence-electron chi connectivity index (χ4n) is 1.57. The normalized spacial score (nSPS) is 10.4. The highest BCUT2D eigenvalue weighted by Crippen LogP contribution is 2.11. The average molecular weight is 278 g/mol. The molecule has 0 atom stereocenters. The first-order valence-corrected chi connectivity index (χ1v) is 5.86. The molecule has 1 aromatic heterocycles. The van der Waals surface area contributed by atoms with Gasteiger partial charge in [-0.3, -0.25) is 4.79 Å². The Kier molecular flexibility index (Phi) is 3.25. The maximum Gasteiger partial charge on any atom is 0.253 e. The monoisotopic (exact) mass is 277 g/mol. The lowest BCUT2D eigenvalue weighted by Crippen LogP contribution is -2.21. The summed E-state index contributed by atoms with van der Waals surface area (Å²) < 4.78 is 2.77. The average Bonchev–Trinajstić information content (AvgIpc) is 2.28. The molecule has 0 radical (unpaired) electrons. The molecule has 1 aromatic carbocycles. The zero-order valence-corrected chi connectivity index (χ0v) is 10.6. The van der Waals surface area contributed by atoms with Crippen molar-refractivity contribution >= 4 is 15.9 Å². The summed E-state index contributed by atoms with van der Waals surface area (Å²) in [4.78, 5) is 11.8. The van der Waals surface area contributed by atoms with Crippen molar-refractivity contribution in [1.82, 2.24) is 4.57 Å². The van der Waals surface area contributed by atoms with Crippen molar-refractivity contribution < 1.29 is 0 Å². The van der Waals surface area contributed by atoms with Gasteiger partial charge in [0.2, 0.25) is 0 Å². The molecule has 0 saturated carbocycles. The Morgan fingerprint density at radius 1 is 1.19 bits per heavy atom. The summed E-state index contributed by atoms with van der Waals surface area (Å²) in [6.07, 6.45) is 1.82. The van der Waals surface area contributed by atoms with Crippen molar-refractivity contribution in [2.75, 3.05) is 0 Å². The second-order valence-electron chi connectivity index (χ2n) is 3.75. The number of halogens is 1.